The largest absolute Gasteiger partial charge is 0.379 e. The number of hydrogen-bond acceptors (Lipinski definition) is 6. The van der Waals surface area contributed by atoms with Crippen molar-refractivity contribution in [3.8, 4) is 0 Å². The number of nitrogens with one attached hydrogen (secondary N) is 1. The van der Waals surface area contributed by atoms with Crippen molar-refractivity contribution < 1.29 is 9.53 Å². The van der Waals surface area contributed by atoms with Gasteiger partial charge >= 0.3 is 0 Å². The fourth-order valence-electron chi connectivity index (χ4n) is 4.70. The lowest BCUT2D eigenvalue weighted by atomic mass is 9.94. The Kier molecular flexibility index (Phi) is 6.21. The Labute approximate surface area is 189 Å². The normalized spacial score (nSPS) is 22.1. The highest BCUT2D eigenvalue weighted by molar-refractivity contribution is 6.14. The maximum atomic E-state index is 12.8. The van der Waals surface area contributed by atoms with E-state index in [0.29, 0.717) is 6.54 Å². The van der Waals surface area contributed by atoms with E-state index in [1.807, 2.05) is 4.90 Å². The van der Waals surface area contributed by atoms with Crippen LogP contribution >= 0.6 is 0 Å². The van der Waals surface area contributed by atoms with E-state index < -0.39 is 0 Å². The maximum Gasteiger partial charge on any atom is 0.236 e. The number of amides is 1. The van der Waals surface area contributed by atoms with Gasteiger partial charge in [0.05, 0.1) is 25.5 Å². The van der Waals surface area contributed by atoms with Crippen LogP contribution in [-0.2, 0) is 9.53 Å². The van der Waals surface area contributed by atoms with E-state index >= 15 is 0 Å². The number of fused-ring (bicyclic) bond motifs is 1. The number of piperazine rings is 1. The van der Waals surface area contributed by atoms with E-state index in [0.717, 1.165) is 63.8 Å². The molecule has 1 atom stereocenters. The summed E-state index contributed by atoms with van der Waals surface area (Å²) in [5, 5.41) is 4.78. The molecule has 0 bridgehead atoms. The number of morpholine rings is 1. The van der Waals surface area contributed by atoms with Crippen molar-refractivity contribution in [1.29, 1.82) is 0 Å². The molecule has 2 fully saturated rings. The number of aryl methyl sites for hydroxylation is 1. The van der Waals surface area contributed by atoms with Gasteiger partial charge in [0.1, 0.15) is 6.17 Å². The summed E-state index contributed by atoms with van der Waals surface area (Å²) in [7, 11) is 0. The second-order valence-corrected chi connectivity index (χ2v) is 8.75. The van der Waals surface area contributed by atoms with Gasteiger partial charge in [-0.05, 0) is 12.5 Å². The van der Waals surface area contributed by atoms with Gasteiger partial charge in [-0.1, -0.05) is 54.1 Å². The molecule has 7 nitrogen and oxygen atoms in total. The Morgan fingerprint density at radius 1 is 1.00 bits per heavy atom. The van der Waals surface area contributed by atoms with Crippen molar-refractivity contribution in [1.82, 2.24) is 20.1 Å². The van der Waals surface area contributed by atoms with Crippen LogP contribution in [0.3, 0.4) is 0 Å². The summed E-state index contributed by atoms with van der Waals surface area (Å²) < 4.78 is 5.39. The molecule has 2 saturated heterocycles. The average molecular weight is 434 g/mol. The first kappa shape index (κ1) is 21.1. The van der Waals surface area contributed by atoms with Gasteiger partial charge in [0.25, 0.3) is 0 Å². The van der Waals surface area contributed by atoms with Crippen LogP contribution in [0, 0.1) is 6.92 Å². The summed E-state index contributed by atoms with van der Waals surface area (Å²) in [5.74, 6) is 0.225. The van der Waals surface area contributed by atoms with Crippen molar-refractivity contribution in [2.75, 3.05) is 59.0 Å². The van der Waals surface area contributed by atoms with Gasteiger partial charge in [-0.3, -0.25) is 20.0 Å². The molecule has 0 aromatic heterocycles. The summed E-state index contributed by atoms with van der Waals surface area (Å²) in [6.07, 6.45) is 0.0249. The Bertz CT molecular complexity index is 976. The number of carbonyl (C=O) groups is 1. The first-order valence-electron chi connectivity index (χ1n) is 11.5. The molecule has 32 heavy (non-hydrogen) atoms. The van der Waals surface area contributed by atoms with Gasteiger partial charge in [-0.15, -0.1) is 0 Å². The Morgan fingerprint density at radius 3 is 2.47 bits per heavy atom. The molecule has 0 radical (unpaired) electrons. The molecule has 1 unspecified atom stereocenters. The molecule has 7 heteroatoms. The molecule has 2 aromatic carbocycles. The van der Waals surface area contributed by atoms with E-state index in [2.05, 4.69) is 70.7 Å². The first-order valence-corrected chi connectivity index (χ1v) is 11.5. The molecular weight excluding hydrogens is 402 g/mol. The lowest BCUT2D eigenvalue weighted by Crippen LogP contribution is -2.54. The third-order valence-corrected chi connectivity index (χ3v) is 6.63. The Morgan fingerprint density at radius 2 is 1.72 bits per heavy atom. The van der Waals surface area contributed by atoms with Crippen LogP contribution < -0.4 is 5.43 Å². The third-order valence-electron chi connectivity index (χ3n) is 6.63. The number of benzene rings is 2. The number of nitrogens with zero attached hydrogens (tertiary/aromatic N) is 4. The average Bonchev–Trinajstić information content (AvgIpc) is 2.85. The lowest BCUT2D eigenvalue weighted by molar-refractivity contribution is -0.135. The molecule has 5 rings (SSSR count). The summed E-state index contributed by atoms with van der Waals surface area (Å²) in [5.41, 5.74) is 9.16. The smallest absolute Gasteiger partial charge is 0.236 e. The SMILES string of the molecule is Cc1ccc(C2=NNC(N3CCN(C(=O)CN4CCOCC4)CC3)c3ccccc32)cc1. The number of ether oxygens (including phenoxy) is 1. The van der Waals surface area contributed by atoms with Crippen LogP contribution in [0.5, 0.6) is 0 Å². The van der Waals surface area contributed by atoms with Crippen LogP contribution in [0.2, 0.25) is 0 Å². The van der Waals surface area contributed by atoms with Crippen LogP contribution in [-0.4, -0.2) is 85.3 Å². The number of hydrazone groups is 1. The molecule has 0 spiro atoms. The van der Waals surface area contributed by atoms with E-state index in [1.54, 1.807) is 0 Å². The minimum atomic E-state index is 0.0249. The van der Waals surface area contributed by atoms with Crippen molar-refractivity contribution in [3.63, 3.8) is 0 Å². The van der Waals surface area contributed by atoms with Gasteiger partial charge in [0, 0.05) is 50.4 Å². The van der Waals surface area contributed by atoms with Gasteiger partial charge in [0.2, 0.25) is 5.91 Å². The van der Waals surface area contributed by atoms with Gasteiger partial charge in [-0.25, -0.2) is 0 Å². The fourth-order valence-corrected chi connectivity index (χ4v) is 4.70. The highest BCUT2D eigenvalue weighted by atomic mass is 16.5. The zero-order chi connectivity index (χ0) is 21.9. The second kappa shape index (κ2) is 9.40. The predicted molar refractivity (Wildman–Crippen MR) is 125 cm³/mol. The van der Waals surface area contributed by atoms with E-state index in [-0.39, 0.29) is 12.1 Å². The molecule has 3 aliphatic heterocycles. The quantitative estimate of drug-likeness (QED) is 0.797. The van der Waals surface area contributed by atoms with Crippen molar-refractivity contribution >= 4 is 11.6 Å². The standard InChI is InChI=1S/C25H31N5O2/c1-19-6-8-20(9-7-19)24-21-4-2-3-5-22(21)25(27-26-24)30-12-10-29(11-13-30)23(31)18-28-14-16-32-17-15-28/h2-9,25,27H,10-18H2,1H3. The van der Waals surface area contributed by atoms with Gasteiger partial charge < -0.3 is 9.64 Å². The third kappa shape index (κ3) is 4.41. The van der Waals surface area contributed by atoms with Crippen LogP contribution in [0.4, 0.5) is 0 Å². The van der Waals surface area contributed by atoms with Crippen molar-refractivity contribution in [2.24, 2.45) is 5.10 Å². The molecule has 1 N–H and O–H groups in total. The second-order valence-electron chi connectivity index (χ2n) is 8.75. The number of rotatable bonds is 4. The van der Waals surface area contributed by atoms with E-state index in [9.17, 15) is 4.79 Å². The molecule has 3 aliphatic rings. The number of hydrogen-bond donors (Lipinski definition) is 1. The monoisotopic (exact) mass is 433 g/mol. The molecule has 0 aliphatic carbocycles. The fraction of sp³-hybridized carbons (Fsp3) is 0.440. The summed E-state index contributed by atoms with van der Waals surface area (Å²) in [6.45, 7) is 8.88. The Balaban J connectivity index is 1.25. The Hall–Kier alpha value is -2.74. The molecule has 168 valence electrons. The van der Waals surface area contributed by atoms with E-state index in [1.165, 1.54) is 16.7 Å². The zero-order valence-corrected chi connectivity index (χ0v) is 18.7. The predicted octanol–water partition coefficient (Wildman–Crippen LogP) is 1.83. The zero-order valence-electron chi connectivity index (χ0n) is 18.7. The van der Waals surface area contributed by atoms with Crippen molar-refractivity contribution in [2.45, 2.75) is 13.1 Å². The summed E-state index contributed by atoms with van der Waals surface area (Å²) >= 11 is 0. The minimum Gasteiger partial charge on any atom is -0.379 e. The minimum absolute atomic E-state index is 0.0249. The summed E-state index contributed by atoms with van der Waals surface area (Å²) in [4.78, 5) is 19.3. The molecule has 1 amide bonds. The topological polar surface area (TPSA) is 60.4 Å². The lowest BCUT2D eigenvalue weighted by Gasteiger charge is -2.41. The highest BCUT2D eigenvalue weighted by Gasteiger charge is 2.31. The first-order chi connectivity index (χ1) is 15.7. The van der Waals surface area contributed by atoms with E-state index in [4.69, 9.17) is 9.84 Å². The molecule has 3 heterocycles. The van der Waals surface area contributed by atoms with Crippen LogP contribution in [0.1, 0.15) is 28.4 Å². The maximum absolute atomic E-state index is 12.8. The molecular formula is C25H31N5O2. The van der Waals surface area contributed by atoms with Crippen LogP contribution in [0.15, 0.2) is 53.6 Å². The summed E-state index contributed by atoms with van der Waals surface area (Å²) in [6, 6.07) is 17.0. The van der Waals surface area contributed by atoms with Crippen molar-refractivity contribution in [3.05, 3.63) is 70.8 Å². The van der Waals surface area contributed by atoms with Gasteiger partial charge in [0.15, 0.2) is 0 Å². The molecule has 2 aromatic rings. The number of carbonyl (C=O) groups excluding carboxylic acids is 1. The van der Waals surface area contributed by atoms with Gasteiger partial charge in [-0.2, -0.15) is 5.10 Å². The molecule has 0 saturated carbocycles. The van der Waals surface area contributed by atoms with Crippen LogP contribution in [0.25, 0.3) is 0 Å². The highest BCUT2D eigenvalue weighted by Crippen LogP contribution is 2.29.